The summed E-state index contributed by atoms with van der Waals surface area (Å²) < 4.78 is 6.84. The summed E-state index contributed by atoms with van der Waals surface area (Å²) in [4.78, 5) is 15.9. The summed E-state index contributed by atoms with van der Waals surface area (Å²) in [5.41, 5.74) is 2.54. The molecule has 20 heavy (non-hydrogen) atoms. The molecule has 0 aliphatic carbocycles. The molecule has 0 atom stereocenters. The molecule has 1 aromatic carbocycles. The summed E-state index contributed by atoms with van der Waals surface area (Å²) >= 11 is 0. The van der Waals surface area contributed by atoms with Crippen LogP contribution in [0.2, 0.25) is 0 Å². The molecular weight excluding hydrogens is 254 g/mol. The van der Waals surface area contributed by atoms with Crippen LogP contribution in [0.3, 0.4) is 0 Å². The fraction of sp³-hybridized carbons (Fsp3) is 0.267. The van der Waals surface area contributed by atoms with Gasteiger partial charge in [-0.05, 0) is 38.1 Å². The number of benzene rings is 1. The van der Waals surface area contributed by atoms with Crippen LogP contribution in [-0.2, 0) is 6.54 Å². The maximum Gasteiger partial charge on any atom is 0.348 e. The number of aryl methyl sites for hydroxylation is 2. The average Bonchev–Trinajstić information content (AvgIpc) is 2.42. The molecule has 2 aromatic rings. The molecule has 1 aromatic heterocycles. The van der Waals surface area contributed by atoms with Crippen LogP contribution >= 0.6 is 0 Å². The minimum Gasteiger partial charge on any atom is -0.496 e. The molecule has 5 heteroatoms. The zero-order valence-corrected chi connectivity index (χ0v) is 11.7. The van der Waals surface area contributed by atoms with Crippen LogP contribution in [0.15, 0.2) is 29.1 Å². The molecular formula is C15H15N3O2. The topological polar surface area (TPSA) is 67.9 Å². The molecule has 0 fully saturated rings. The standard InChI is InChI=1S/C15H15N3O2/c1-10-6-11(2)18(15(19)17-10)9-13-7-12(8-16)4-5-14(13)20-3/h4-7H,9H2,1-3H3. The first-order valence-corrected chi connectivity index (χ1v) is 6.17. The SMILES string of the molecule is COc1ccc(C#N)cc1Cn1c(C)cc(C)nc1=O. The second-order valence-electron chi connectivity index (χ2n) is 4.55. The van der Waals surface area contributed by atoms with E-state index in [1.165, 1.54) is 0 Å². The summed E-state index contributed by atoms with van der Waals surface area (Å²) in [6.07, 6.45) is 0. The Kier molecular flexibility index (Phi) is 3.85. The van der Waals surface area contributed by atoms with Gasteiger partial charge in [0.05, 0.1) is 25.3 Å². The molecule has 0 unspecified atom stereocenters. The highest BCUT2D eigenvalue weighted by atomic mass is 16.5. The van der Waals surface area contributed by atoms with E-state index in [-0.39, 0.29) is 5.69 Å². The van der Waals surface area contributed by atoms with Gasteiger partial charge in [-0.15, -0.1) is 0 Å². The van der Waals surface area contributed by atoms with Crippen molar-refractivity contribution in [1.29, 1.82) is 5.26 Å². The van der Waals surface area contributed by atoms with Gasteiger partial charge in [-0.3, -0.25) is 4.57 Å². The van der Waals surface area contributed by atoms with Crippen molar-refractivity contribution in [3.63, 3.8) is 0 Å². The van der Waals surface area contributed by atoms with E-state index in [4.69, 9.17) is 10.00 Å². The van der Waals surface area contributed by atoms with E-state index in [0.29, 0.717) is 23.6 Å². The van der Waals surface area contributed by atoms with Gasteiger partial charge in [-0.2, -0.15) is 10.2 Å². The molecule has 0 aliphatic heterocycles. The Hall–Kier alpha value is -2.61. The monoisotopic (exact) mass is 269 g/mol. The molecule has 0 saturated heterocycles. The van der Waals surface area contributed by atoms with Gasteiger partial charge in [0.25, 0.3) is 0 Å². The highest BCUT2D eigenvalue weighted by molar-refractivity contribution is 5.42. The van der Waals surface area contributed by atoms with Gasteiger partial charge in [0.15, 0.2) is 0 Å². The molecule has 0 N–H and O–H groups in total. The maximum atomic E-state index is 12.0. The molecule has 0 radical (unpaired) electrons. The van der Waals surface area contributed by atoms with Gasteiger partial charge in [0, 0.05) is 17.0 Å². The zero-order chi connectivity index (χ0) is 14.7. The Balaban J connectivity index is 2.50. The Bertz CT molecular complexity index is 742. The minimum atomic E-state index is -0.299. The first kappa shape index (κ1) is 13.8. The fourth-order valence-corrected chi connectivity index (χ4v) is 2.11. The predicted molar refractivity (Wildman–Crippen MR) is 74.8 cm³/mol. The van der Waals surface area contributed by atoms with Gasteiger partial charge in [0.2, 0.25) is 0 Å². The van der Waals surface area contributed by atoms with E-state index in [9.17, 15) is 4.79 Å². The number of nitrogens with zero attached hydrogens (tertiary/aromatic N) is 3. The third-order valence-corrected chi connectivity index (χ3v) is 3.08. The lowest BCUT2D eigenvalue weighted by atomic mass is 10.1. The summed E-state index contributed by atoms with van der Waals surface area (Å²) in [7, 11) is 1.56. The number of aromatic nitrogens is 2. The van der Waals surface area contributed by atoms with Crippen molar-refractivity contribution in [3.8, 4) is 11.8 Å². The highest BCUT2D eigenvalue weighted by Gasteiger charge is 2.09. The molecule has 102 valence electrons. The Labute approximate surface area is 117 Å². The van der Waals surface area contributed by atoms with Gasteiger partial charge < -0.3 is 4.74 Å². The predicted octanol–water partition coefficient (Wildman–Crippen LogP) is 1.79. The number of rotatable bonds is 3. The minimum absolute atomic E-state index is 0.299. The Morgan fingerprint density at radius 1 is 1.35 bits per heavy atom. The fourth-order valence-electron chi connectivity index (χ4n) is 2.11. The Morgan fingerprint density at radius 3 is 2.70 bits per heavy atom. The molecule has 0 amide bonds. The molecule has 5 nitrogen and oxygen atoms in total. The van der Waals surface area contributed by atoms with Crippen molar-refractivity contribution in [3.05, 3.63) is 57.3 Å². The normalized spacial score (nSPS) is 10.1. The molecule has 1 heterocycles. The first-order chi connectivity index (χ1) is 9.55. The molecule has 0 saturated carbocycles. The third kappa shape index (κ3) is 2.69. The molecule has 0 aliphatic rings. The number of methoxy groups -OCH3 is 1. The van der Waals surface area contributed by atoms with Crippen LogP contribution < -0.4 is 10.4 Å². The van der Waals surface area contributed by atoms with E-state index in [2.05, 4.69) is 11.1 Å². The van der Waals surface area contributed by atoms with E-state index in [1.807, 2.05) is 13.0 Å². The summed E-state index contributed by atoms with van der Waals surface area (Å²) in [5, 5.41) is 8.97. The van der Waals surface area contributed by atoms with Crippen molar-refractivity contribution in [2.24, 2.45) is 0 Å². The zero-order valence-electron chi connectivity index (χ0n) is 11.7. The van der Waals surface area contributed by atoms with E-state index in [1.54, 1.807) is 36.8 Å². The maximum absolute atomic E-state index is 12.0. The highest BCUT2D eigenvalue weighted by Crippen LogP contribution is 2.20. The van der Waals surface area contributed by atoms with E-state index >= 15 is 0 Å². The Morgan fingerprint density at radius 2 is 2.10 bits per heavy atom. The lowest BCUT2D eigenvalue weighted by molar-refractivity contribution is 0.407. The van der Waals surface area contributed by atoms with Crippen LogP contribution in [0.5, 0.6) is 5.75 Å². The second kappa shape index (κ2) is 5.57. The third-order valence-electron chi connectivity index (χ3n) is 3.08. The van der Waals surface area contributed by atoms with E-state index < -0.39 is 0 Å². The smallest absolute Gasteiger partial charge is 0.348 e. The number of hydrogen-bond acceptors (Lipinski definition) is 4. The van der Waals surface area contributed by atoms with E-state index in [0.717, 1.165) is 11.3 Å². The van der Waals surface area contributed by atoms with Crippen LogP contribution in [0, 0.1) is 25.2 Å². The summed E-state index contributed by atoms with van der Waals surface area (Å²) in [6, 6.07) is 9.08. The van der Waals surface area contributed by atoms with Crippen molar-refractivity contribution >= 4 is 0 Å². The summed E-state index contributed by atoms with van der Waals surface area (Å²) in [5.74, 6) is 0.649. The van der Waals surface area contributed by atoms with Crippen molar-refractivity contribution in [2.45, 2.75) is 20.4 Å². The van der Waals surface area contributed by atoms with Crippen molar-refractivity contribution in [2.75, 3.05) is 7.11 Å². The average molecular weight is 269 g/mol. The van der Waals surface area contributed by atoms with Gasteiger partial charge >= 0.3 is 5.69 Å². The quantitative estimate of drug-likeness (QED) is 0.852. The first-order valence-electron chi connectivity index (χ1n) is 6.17. The lowest BCUT2D eigenvalue weighted by Crippen LogP contribution is -2.26. The molecule has 2 rings (SSSR count). The number of ether oxygens (including phenoxy) is 1. The van der Waals surface area contributed by atoms with Crippen LogP contribution in [0.25, 0.3) is 0 Å². The number of hydrogen-bond donors (Lipinski definition) is 0. The van der Waals surface area contributed by atoms with Gasteiger partial charge in [-0.1, -0.05) is 0 Å². The van der Waals surface area contributed by atoms with Crippen molar-refractivity contribution in [1.82, 2.24) is 9.55 Å². The van der Waals surface area contributed by atoms with Crippen LogP contribution in [0.1, 0.15) is 22.5 Å². The van der Waals surface area contributed by atoms with Crippen LogP contribution in [0.4, 0.5) is 0 Å². The van der Waals surface area contributed by atoms with Crippen molar-refractivity contribution < 1.29 is 4.74 Å². The van der Waals surface area contributed by atoms with Gasteiger partial charge in [-0.25, -0.2) is 4.79 Å². The van der Waals surface area contributed by atoms with Gasteiger partial charge in [0.1, 0.15) is 5.75 Å². The largest absolute Gasteiger partial charge is 0.496 e. The van der Waals surface area contributed by atoms with Crippen LogP contribution in [-0.4, -0.2) is 16.7 Å². The summed E-state index contributed by atoms with van der Waals surface area (Å²) in [6.45, 7) is 3.98. The number of nitriles is 1. The lowest BCUT2D eigenvalue weighted by Gasteiger charge is -2.13. The second-order valence-corrected chi connectivity index (χ2v) is 4.55. The molecule has 0 bridgehead atoms. The molecule has 0 spiro atoms.